The van der Waals surface area contributed by atoms with E-state index in [1.54, 1.807) is 24.3 Å². The van der Waals surface area contributed by atoms with Crippen LogP contribution in [0.3, 0.4) is 0 Å². The monoisotopic (exact) mass is 418 g/mol. The number of unbranched alkanes of at least 4 members (excludes halogenated alkanes) is 2. The average molecular weight is 419 g/mol. The minimum atomic E-state index is -3.78. The molecule has 1 N–H and O–H groups in total. The van der Waals surface area contributed by atoms with Crippen LogP contribution in [0.2, 0.25) is 0 Å². The third-order valence-corrected chi connectivity index (χ3v) is 6.60. The number of carbonyl (C=O) groups is 1. The summed E-state index contributed by atoms with van der Waals surface area (Å²) in [5.74, 6) is 0.266. The number of amides is 1. The number of rotatable bonds is 10. The summed E-state index contributed by atoms with van der Waals surface area (Å²) in [5, 5.41) is 2.96. The fourth-order valence-corrected chi connectivity index (χ4v) is 4.24. The Morgan fingerprint density at radius 2 is 1.76 bits per heavy atom. The Morgan fingerprint density at radius 3 is 2.38 bits per heavy atom. The Labute approximate surface area is 173 Å². The lowest BCUT2D eigenvalue weighted by Crippen LogP contribution is -2.32. The number of nitrogens with one attached hydrogen (secondary N) is 1. The number of sulfonamides is 1. The maximum Gasteiger partial charge on any atom is 0.264 e. The van der Waals surface area contributed by atoms with Crippen molar-refractivity contribution in [1.82, 2.24) is 5.32 Å². The quantitative estimate of drug-likeness (QED) is 0.586. The summed E-state index contributed by atoms with van der Waals surface area (Å²) in [5.41, 5.74) is 0.879. The van der Waals surface area contributed by atoms with Crippen molar-refractivity contribution in [3.63, 3.8) is 0 Å². The van der Waals surface area contributed by atoms with Gasteiger partial charge in [-0.1, -0.05) is 38.3 Å². The Hall–Kier alpha value is -2.54. The van der Waals surface area contributed by atoms with Gasteiger partial charge in [-0.15, -0.1) is 0 Å². The first-order chi connectivity index (χ1) is 13.8. The molecule has 0 unspecified atom stereocenters. The zero-order valence-corrected chi connectivity index (χ0v) is 18.3. The molecule has 0 bridgehead atoms. The number of ether oxygens (including phenoxy) is 1. The maximum atomic E-state index is 13.0. The molecule has 1 atom stereocenters. The molecule has 0 heterocycles. The van der Waals surface area contributed by atoms with Gasteiger partial charge in [0.15, 0.2) is 0 Å². The van der Waals surface area contributed by atoms with Crippen molar-refractivity contribution in [2.75, 3.05) is 18.5 Å². The zero-order valence-electron chi connectivity index (χ0n) is 17.5. The second kappa shape index (κ2) is 10.3. The fourth-order valence-electron chi connectivity index (χ4n) is 3.04. The molecule has 0 radical (unpaired) electrons. The summed E-state index contributed by atoms with van der Waals surface area (Å²) < 4.78 is 32.4. The Morgan fingerprint density at radius 1 is 1.10 bits per heavy atom. The van der Waals surface area contributed by atoms with Crippen LogP contribution in [0, 0.1) is 0 Å². The Bertz CT molecular complexity index is 911. The summed E-state index contributed by atoms with van der Waals surface area (Å²) >= 11 is 0. The van der Waals surface area contributed by atoms with E-state index in [0.717, 1.165) is 25.7 Å². The van der Waals surface area contributed by atoms with Gasteiger partial charge < -0.3 is 10.1 Å². The summed E-state index contributed by atoms with van der Waals surface area (Å²) in [6, 6.07) is 13.0. The first-order valence-corrected chi connectivity index (χ1v) is 11.3. The summed E-state index contributed by atoms with van der Waals surface area (Å²) in [6.07, 6.45) is 4.28. The van der Waals surface area contributed by atoms with Gasteiger partial charge in [-0.05, 0) is 49.7 Å². The summed E-state index contributed by atoms with van der Waals surface area (Å²) in [7, 11) is -0.810. The Balaban J connectivity index is 2.13. The maximum absolute atomic E-state index is 13.0. The molecule has 2 rings (SSSR count). The van der Waals surface area contributed by atoms with Gasteiger partial charge in [0.1, 0.15) is 5.75 Å². The van der Waals surface area contributed by atoms with Crippen LogP contribution in [0.25, 0.3) is 0 Å². The van der Waals surface area contributed by atoms with Crippen molar-refractivity contribution in [3.8, 4) is 5.75 Å². The smallest absolute Gasteiger partial charge is 0.264 e. The van der Waals surface area contributed by atoms with E-state index in [1.165, 1.54) is 42.7 Å². The summed E-state index contributed by atoms with van der Waals surface area (Å²) in [6.45, 7) is 4.12. The van der Waals surface area contributed by atoms with Crippen molar-refractivity contribution in [2.24, 2.45) is 0 Å². The van der Waals surface area contributed by atoms with Gasteiger partial charge in [0.25, 0.3) is 15.9 Å². The molecular formula is C22H30N2O4S. The third-order valence-electron chi connectivity index (χ3n) is 4.82. The van der Waals surface area contributed by atoms with Crippen LogP contribution in [0.4, 0.5) is 5.69 Å². The molecule has 7 heteroatoms. The minimum absolute atomic E-state index is 0.0779. The Kier molecular flexibility index (Phi) is 8.08. The van der Waals surface area contributed by atoms with E-state index in [0.29, 0.717) is 17.0 Å². The van der Waals surface area contributed by atoms with Gasteiger partial charge in [-0.25, -0.2) is 8.42 Å². The number of para-hydroxylation sites is 2. The van der Waals surface area contributed by atoms with E-state index in [-0.39, 0.29) is 16.8 Å². The first kappa shape index (κ1) is 22.7. The van der Waals surface area contributed by atoms with Crippen molar-refractivity contribution in [2.45, 2.75) is 50.5 Å². The largest absolute Gasteiger partial charge is 0.495 e. The lowest BCUT2D eigenvalue weighted by Gasteiger charge is -2.21. The van der Waals surface area contributed by atoms with Gasteiger partial charge in [-0.2, -0.15) is 0 Å². The van der Waals surface area contributed by atoms with Crippen LogP contribution >= 0.6 is 0 Å². The van der Waals surface area contributed by atoms with Crippen molar-refractivity contribution in [3.05, 3.63) is 54.1 Å². The lowest BCUT2D eigenvalue weighted by atomic mass is 10.1. The minimum Gasteiger partial charge on any atom is -0.495 e. The first-order valence-electron chi connectivity index (χ1n) is 9.84. The van der Waals surface area contributed by atoms with Crippen LogP contribution in [0.1, 0.15) is 49.9 Å². The van der Waals surface area contributed by atoms with E-state index in [2.05, 4.69) is 12.2 Å². The molecule has 1 amide bonds. The highest BCUT2D eigenvalue weighted by atomic mass is 32.2. The van der Waals surface area contributed by atoms with Crippen LogP contribution in [0.15, 0.2) is 53.4 Å². The highest BCUT2D eigenvalue weighted by Crippen LogP contribution is 2.30. The number of benzene rings is 2. The van der Waals surface area contributed by atoms with Gasteiger partial charge in [0, 0.05) is 18.7 Å². The SMILES string of the molecule is CCCCC[C@@H](C)NC(=O)c1ccc(S(=O)(=O)N(C)c2ccccc2OC)cc1. The number of anilines is 1. The van der Waals surface area contributed by atoms with E-state index in [9.17, 15) is 13.2 Å². The zero-order chi connectivity index (χ0) is 21.4. The van der Waals surface area contributed by atoms with Crippen LogP contribution in [-0.4, -0.2) is 34.5 Å². The molecule has 0 aliphatic heterocycles. The van der Waals surface area contributed by atoms with Crippen molar-refractivity contribution in [1.29, 1.82) is 0 Å². The van der Waals surface area contributed by atoms with Crippen molar-refractivity contribution >= 4 is 21.6 Å². The second-order valence-electron chi connectivity index (χ2n) is 7.04. The van der Waals surface area contributed by atoms with E-state index in [4.69, 9.17) is 4.74 Å². The van der Waals surface area contributed by atoms with Crippen LogP contribution in [0.5, 0.6) is 5.75 Å². The molecule has 0 saturated heterocycles. The standard InChI is InChI=1S/C22H30N2O4S/c1-5-6-7-10-17(2)23-22(25)18-13-15-19(16-14-18)29(26,27)24(3)20-11-8-9-12-21(20)28-4/h8-9,11-17H,5-7,10H2,1-4H3,(H,23,25)/t17-/m1/s1. The molecule has 0 aliphatic rings. The third kappa shape index (κ3) is 5.73. The molecule has 158 valence electrons. The molecule has 2 aromatic carbocycles. The molecule has 0 saturated carbocycles. The molecule has 6 nitrogen and oxygen atoms in total. The van der Waals surface area contributed by atoms with Gasteiger partial charge in [0.2, 0.25) is 0 Å². The van der Waals surface area contributed by atoms with Crippen molar-refractivity contribution < 1.29 is 17.9 Å². The highest BCUT2D eigenvalue weighted by molar-refractivity contribution is 7.92. The van der Waals surface area contributed by atoms with Gasteiger partial charge >= 0.3 is 0 Å². The predicted molar refractivity (Wildman–Crippen MR) is 116 cm³/mol. The second-order valence-corrected chi connectivity index (χ2v) is 9.01. The van der Waals surface area contributed by atoms with E-state index < -0.39 is 10.0 Å². The summed E-state index contributed by atoms with van der Waals surface area (Å²) in [4.78, 5) is 12.5. The number of hydrogen-bond acceptors (Lipinski definition) is 4. The van der Waals surface area contributed by atoms with Gasteiger partial charge in [-0.3, -0.25) is 9.10 Å². The van der Waals surface area contributed by atoms with E-state index >= 15 is 0 Å². The van der Waals surface area contributed by atoms with Gasteiger partial charge in [0.05, 0.1) is 17.7 Å². The molecule has 0 aromatic heterocycles. The number of nitrogens with zero attached hydrogens (tertiary/aromatic N) is 1. The van der Waals surface area contributed by atoms with E-state index in [1.807, 2.05) is 6.92 Å². The molecule has 2 aromatic rings. The van der Waals surface area contributed by atoms with Crippen LogP contribution < -0.4 is 14.4 Å². The molecule has 0 aliphatic carbocycles. The average Bonchev–Trinajstić information content (AvgIpc) is 2.73. The lowest BCUT2D eigenvalue weighted by molar-refractivity contribution is 0.0938. The predicted octanol–water partition coefficient (Wildman–Crippen LogP) is 4.22. The number of methoxy groups -OCH3 is 1. The molecular weight excluding hydrogens is 388 g/mol. The highest BCUT2D eigenvalue weighted by Gasteiger charge is 2.24. The molecule has 29 heavy (non-hydrogen) atoms. The topological polar surface area (TPSA) is 75.7 Å². The number of hydrogen-bond donors (Lipinski definition) is 1. The van der Waals surface area contributed by atoms with Crippen LogP contribution in [-0.2, 0) is 10.0 Å². The number of carbonyl (C=O) groups excluding carboxylic acids is 1. The normalized spacial score (nSPS) is 12.3. The fraction of sp³-hybridized carbons (Fsp3) is 0.409. The molecule has 0 spiro atoms. The molecule has 0 fully saturated rings.